The monoisotopic (exact) mass is 297 g/mol. The van der Waals surface area contributed by atoms with Crippen LogP contribution in [-0.4, -0.2) is 24.6 Å². The molecule has 112 valence electrons. The largest absolute Gasteiger partial charge is 0.459 e. The lowest BCUT2D eigenvalue weighted by atomic mass is 10.2. The van der Waals surface area contributed by atoms with E-state index >= 15 is 0 Å². The summed E-state index contributed by atoms with van der Waals surface area (Å²) in [5, 5.41) is 6.16. The number of hydrogen-bond acceptors (Lipinski definition) is 4. The Balaban J connectivity index is 1.68. The zero-order chi connectivity index (χ0) is 15.6. The second kappa shape index (κ2) is 8.21. The molecule has 2 N–H and O–H groups in total. The Hall–Kier alpha value is -3.15. The Morgan fingerprint density at radius 1 is 1.14 bits per heavy atom. The molecule has 0 unspecified atom stereocenters. The van der Waals surface area contributed by atoms with E-state index in [1.54, 1.807) is 12.1 Å². The summed E-state index contributed by atoms with van der Waals surface area (Å²) in [6, 6.07) is 12.8. The second-order valence-electron chi connectivity index (χ2n) is 4.24. The van der Waals surface area contributed by atoms with Crippen LogP contribution in [0, 0.1) is 0 Å². The van der Waals surface area contributed by atoms with E-state index in [4.69, 9.17) is 4.42 Å². The van der Waals surface area contributed by atoms with Crippen molar-refractivity contribution in [3.63, 3.8) is 0 Å². The molecule has 1 heterocycles. The third-order valence-corrected chi connectivity index (χ3v) is 2.59. The number of nitrogens with zero attached hydrogens (tertiary/aromatic N) is 1. The Labute approximate surface area is 127 Å². The van der Waals surface area contributed by atoms with Crippen LogP contribution in [0.25, 0.3) is 6.08 Å². The molecule has 2 rings (SSSR count). The Kier molecular flexibility index (Phi) is 5.69. The van der Waals surface area contributed by atoms with Crippen molar-refractivity contribution in [1.29, 1.82) is 0 Å². The number of benzene rings is 1. The number of amides is 2. The van der Waals surface area contributed by atoms with Gasteiger partial charge in [0.15, 0.2) is 5.76 Å². The highest BCUT2D eigenvalue weighted by atomic mass is 16.3. The third-order valence-electron chi connectivity index (χ3n) is 2.59. The molecule has 6 nitrogen and oxygen atoms in total. The summed E-state index contributed by atoms with van der Waals surface area (Å²) in [5.74, 6) is -0.723. The first-order valence-electron chi connectivity index (χ1n) is 6.61. The molecule has 0 aliphatic carbocycles. The fourth-order valence-electron chi connectivity index (χ4n) is 1.57. The molecular formula is C16H15N3O3. The predicted octanol–water partition coefficient (Wildman–Crippen LogP) is 1.82. The SMILES string of the molecule is O=C(CNC(=O)c1ccco1)NN=CC=Cc1ccccc1. The van der Waals surface area contributed by atoms with Crippen molar-refractivity contribution in [2.45, 2.75) is 0 Å². The van der Waals surface area contributed by atoms with E-state index in [9.17, 15) is 9.59 Å². The van der Waals surface area contributed by atoms with Gasteiger partial charge in [-0.1, -0.05) is 36.4 Å². The summed E-state index contributed by atoms with van der Waals surface area (Å²) >= 11 is 0. The smallest absolute Gasteiger partial charge is 0.287 e. The third kappa shape index (κ3) is 5.09. The molecular weight excluding hydrogens is 282 g/mol. The van der Waals surface area contributed by atoms with Crippen LogP contribution in [0.5, 0.6) is 0 Å². The van der Waals surface area contributed by atoms with Gasteiger partial charge in [-0.25, -0.2) is 5.43 Å². The van der Waals surface area contributed by atoms with Crippen molar-refractivity contribution in [3.8, 4) is 0 Å². The average Bonchev–Trinajstić information content (AvgIpc) is 3.08. The highest BCUT2D eigenvalue weighted by Crippen LogP contribution is 1.99. The Morgan fingerprint density at radius 2 is 1.95 bits per heavy atom. The number of furan rings is 1. The predicted molar refractivity (Wildman–Crippen MR) is 83.2 cm³/mol. The minimum atomic E-state index is -0.451. The summed E-state index contributed by atoms with van der Waals surface area (Å²) in [6.07, 6.45) is 6.41. The molecule has 2 amide bonds. The van der Waals surface area contributed by atoms with Gasteiger partial charge in [-0.15, -0.1) is 0 Å². The van der Waals surface area contributed by atoms with Gasteiger partial charge in [0.25, 0.3) is 11.8 Å². The van der Waals surface area contributed by atoms with Crippen LogP contribution in [-0.2, 0) is 4.79 Å². The van der Waals surface area contributed by atoms with Crippen LogP contribution < -0.4 is 10.7 Å². The second-order valence-corrected chi connectivity index (χ2v) is 4.24. The average molecular weight is 297 g/mol. The fourth-order valence-corrected chi connectivity index (χ4v) is 1.57. The van der Waals surface area contributed by atoms with E-state index < -0.39 is 11.8 Å². The lowest BCUT2D eigenvalue weighted by molar-refractivity contribution is -0.120. The summed E-state index contributed by atoms with van der Waals surface area (Å²) in [4.78, 5) is 23.0. The summed E-state index contributed by atoms with van der Waals surface area (Å²) in [7, 11) is 0. The molecule has 0 radical (unpaired) electrons. The van der Waals surface area contributed by atoms with Gasteiger partial charge >= 0.3 is 0 Å². The van der Waals surface area contributed by atoms with Gasteiger partial charge in [0.2, 0.25) is 0 Å². The van der Waals surface area contributed by atoms with Crippen molar-refractivity contribution >= 4 is 24.1 Å². The van der Waals surface area contributed by atoms with Crippen LogP contribution in [0.3, 0.4) is 0 Å². The molecule has 22 heavy (non-hydrogen) atoms. The standard InChI is InChI=1S/C16H15N3O3/c20-15(12-17-16(21)14-9-5-11-22-14)19-18-10-4-8-13-6-2-1-3-7-13/h1-11H,12H2,(H,17,21)(H,19,20). The number of carbonyl (C=O) groups is 2. The van der Waals surface area contributed by atoms with Gasteiger partial charge in [0, 0.05) is 6.21 Å². The lowest BCUT2D eigenvalue weighted by Crippen LogP contribution is -2.34. The first-order chi connectivity index (χ1) is 10.8. The molecule has 6 heteroatoms. The number of hydrazone groups is 1. The molecule has 0 aliphatic rings. The zero-order valence-electron chi connectivity index (χ0n) is 11.7. The molecule has 0 saturated heterocycles. The molecule has 0 spiro atoms. The highest BCUT2D eigenvalue weighted by molar-refractivity contribution is 5.94. The van der Waals surface area contributed by atoms with Crippen LogP contribution in [0.1, 0.15) is 16.1 Å². The molecule has 2 aromatic rings. The number of carbonyl (C=O) groups excluding carboxylic acids is 2. The fraction of sp³-hybridized carbons (Fsp3) is 0.0625. The summed E-state index contributed by atoms with van der Waals surface area (Å²) in [6.45, 7) is -0.181. The molecule has 0 bridgehead atoms. The Morgan fingerprint density at radius 3 is 2.68 bits per heavy atom. The first-order valence-corrected chi connectivity index (χ1v) is 6.61. The van der Waals surface area contributed by atoms with Gasteiger partial charge in [-0.05, 0) is 23.8 Å². The van der Waals surface area contributed by atoms with E-state index in [0.717, 1.165) is 5.56 Å². The zero-order valence-corrected chi connectivity index (χ0v) is 11.7. The van der Waals surface area contributed by atoms with Crippen LogP contribution in [0.4, 0.5) is 0 Å². The minimum Gasteiger partial charge on any atom is -0.459 e. The van der Waals surface area contributed by atoms with Gasteiger partial charge in [-0.3, -0.25) is 9.59 Å². The molecule has 1 aromatic heterocycles. The van der Waals surface area contributed by atoms with Crippen molar-refractivity contribution in [2.75, 3.05) is 6.54 Å². The van der Waals surface area contributed by atoms with E-state index in [0.29, 0.717) is 0 Å². The molecule has 1 aromatic carbocycles. The maximum Gasteiger partial charge on any atom is 0.287 e. The molecule has 0 aliphatic heterocycles. The van der Waals surface area contributed by atoms with E-state index in [-0.39, 0.29) is 12.3 Å². The van der Waals surface area contributed by atoms with Gasteiger partial charge in [0.1, 0.15) is 0 Å². The normalized spacial score (nSPS) is 10.9. The van der Waals surface area contributed by atoms with Crippen LogP contribution >= 0.6 is 0 Å². The first kappa shape index (κ1) is 15.2. The van der Waals surface area contributed by atoms with E-state index in [1.807, 2.05) is 36.4 Å². The van der Waals surface area contributed by atoms with Crippen molar-refractivity contribution in [1.82, 2.24) is 10.7 Å². The maximum absolute atomic E-state index is 11.5. The molecule has 0 atom stereocenters. The van der Waals surface area contributed by atoms with E-state index in [1.165, 1.54) is 18.5 Å². The maximum atomic E-state index is 11.5. The molecule has 0 saturated carbocycles. The van der Waals surface area contributed by atoms with E-state index in [2.05, 4.69) is 15.8 Å². The van der Waals surface area contributed by atoms with Crippen molar-refractivity contribution in [3.05, 3.63) is 66.1 Å². The summed E-state index contributed by atoms with van der Waals surface area (Å²) in [5.41, 5.74) is 3.34. The number of rotatable bonds is 6. The molecule has 0 fully saturated rings. The number of hydrogen-bond donors (Lipinski definition) is 2. The van der Waals surface area contributed by atoms with Crippen LogP contribution in [0.15, 0.2) is 64.3 Å². The summed E-state index contributed by atoms with van der Waals surface area (Å²) < 4.78 is 4.90. The van der Waals surface area contributed by atoms with Crippen molar-refractivity contribution in [2.24, 2.45) is 5.10 Å². The van der Waals surface area contributed by atoms with Gasteiger partial charge in [-0.2, -0.15) is 5.10 Å². The number of nitrogens with one attached hydrogen (secondary N) is 2. The number of allylic oxidation sites excluding steroid dienone is 1. The van der Waals surface area contributed by atoms with Gasteiger partial charge < -0.3 is 9.73 Å². The van der Waals surface area contributed by atoms with Crippen LogP contribution in [0.2, 0.25) is 0 Å². The quantitative estimate of drug-likeness (QED) is 0.630. The van der Waals surface area contributed by atoms with Gasteiger partial charge in [0.05, 0.1) is 12.8 Å². The highest BCUT2D eigenvalue weighted by Gasteiger charge is 2.09. The topological polar surface area (TPSA) is 83.7 Å². The minimum absolute atomic E-state index is 0.155. The lowest BCUT2D eigenvalue weighted by Gasteiger charge is -2.01. The Bertz CT molecular complexity index is 661. The van der Waals surface area contributed by atoms with Crippen molar-refractivity contribution < 1.29 is 14.0 Å².